The number of benzene rings is 2. The van der Waals surface area contributed by atoms with E-state index in [9.17, 15) is 9.90 Å². The summed E-state index contributed by atoms with van der Waals surface area (Å²) in [6.45, 7) is 2.12. The topological polar surface area (TPSA) is 77.5 Å². The molecule has 3 heterocycles. The van der Waals surface area contributed by atoms with Crippen molar-refractivity contribution >= 4 is 5.97 Å². The summed E-state index contributed by atoms with van der Waals surface area (Å²) in [5.41, 5.74) is 2.15. The van der Waals surface area contributed by atoms with Gasteiger partial charge < -0.3 is 24.1 Å². The molecule has 0 aromatic heterocycles. The van der Waals surface area contributed by atoms with Gasteiger partial charge in [-0.05, 0) is 67.3 Å². The van der Waals surface area contributed by atoms with Crippen molar-refractivity contribution in [2.75, 3.05) is 27.0 Å². The van der Waals surface area contributed by atoms with Crippen LogP contribution in [0.3, 0.4) is 0 Å². The van der Waals surface area contributed by atoms with E-state index < -0.39 is 12.1 Å². The fourth-order valence-corrected chi connectivity index (χ4v) is 5.92. The van der Waals surface area contributed by atoms with Crippen molar-refractivity contribution in [3.8, 4) is 17.2 Å². The smallest absolute Gasteiger partial charge is 0.342 e. The summed E-state index contributed by atoms with van der Waals surface area (Å²) in [6, 6.07) is 10.6. The largest absolute Gasteiger partial charge is 0.507 e. The number of carbonyl (C=O) groups is 1. The summed E-state index contributed by atoms with van der Waals surface area (Å²) < 4.78 is 23.2. The molecule has 7 nitrogen and oxygen atoms in total. The number of phenols is 1. The highest BCUT2D eigenvalue weighted by atomic mass is 16.7. The molecule has 7 heteroatoms. The molecule has 0 unspecified atom stereocenters. The molecule has 4 aliphatic rings. The maximum Gasteiger partial charge on any atom is 0.342 e. The summed E-state index contributed by atoms with van der Waals surface area (Å²) in [7, 11) is 1.62. The Labute approximate surface area is 186 Å². The third-order valence-electron chi connectivity index (χ3n) is 7.32. The number of rotatable bonds is 3. The van der Waals surface area contributed by atoms with Crippen LogP contribution in [0, 0.1) is 0 Å². The van der Waals surface area contributed by atoms with Gasteiger partial charge in [0.05, 0.1) is 18.6 Å². The van der Waals surface area contributed by atoms with E-state index in [4.69, 9.17) is 18.9 Å². The lowest BCUT2D eigenvalue weighted by molar-refractivity contribution is 0.0124. The maximum atomic E-state index is 13.1. The van der Waals surface area contributed by atoms with E-state index in [1.165, 1.54) is 11.6 Å². The Kier molecular flexibility index (Phi) is 4.37. The van der Waals surface area contributed by atoms with Crippen molar-refractivity contribution in [1.82, 2.24) is 4.90 Å². The Morgan fingerprint density at radius 2 is 2.00 bits per heavy atom. The molecule has 0 bridgehead atoms. The van der Waals surface area contributed by atoms with Crippen molar-refractivity contribution in [3.05, 3.63) is 64.9 Å². The number of hydrogen-bond acceptors (Lipinski definition) is 7. The molecule has 3 aliphatic heterocycles. The third-order valence-corrected chi connectivity index (χ3v) is 7.32. The predicted molar refractivity (Wildman–Crippen MR) is 115 cm³/mol. The number of phenolic OH excluding ortho intramolecular Hbond substituents is 1. The standard InChI is InChI=1S/C25H25NO6/c1-29-21-13-25-8-4-9-26(25)10-7-15-11-19-20(31-14-30-19)12-17(15)22(25)23(21)32-24(28)16-5-2-3-6-18(16)27/h2-3,5-6,11-13,22-23,27H,4,7-10,14H2,1H3/t22-,23-,25+/m1/s1. The van der Waals surface area contributed by atoms with Gasteiger partial charge in [0.2, 0.25) is 6.79 Å². The quantitative estimate of drug-likeness (QED) is 0.741. The van der Waals surface area contributed by atoms with Gasteiger partial charge in [0, 0.05) is 6.54 Å². The predicted octanol–water partition coefficient (Wildman–Crippen LogP) is 3.36. The van der Waals surface area contributed by atoms with E-state index in [2.05, 4.69) is 23.1 Å². The highest BCUT2D eigenvalue weighted by Gasteiger charge is 2.58. The average molecular weight is 435 g/mol. The summed E-state index contributed by atoms with van der Waals surface area (Å²) >= 11 is 0. The summed E-state index contributed by atoms with van der Waals surface area (Å²) in [4.78, 5) is 15.6. The molecule has 2 aromatic carbocycles. The molecule has 3 atom stereocenters. The molecule has 1 spiro atoms. The average Bonchev–Trinajstić information content (AvgIpc) is 3.48. The van der Waals surface area contributed by atoms with Gasteiger partial charge in [-0.3, -0.25) is 4.90 Å². The van der Waals surface area contributed by atoms with E-state index in [-0.39, 0.29) is 29.6 Å². The highest BCUT2D eigenvalue weighted by Crippen LogP contribution is 2.55. The first-order chi connectivity index (χ1) is 15.6. The summed E-state index contributed by atoms with van der Waals surface area (Å²) in [5, 5.41) is 10.2. The lowest BCUT2D eigenvalue weighted by atomic mass is 9.77. The summed E-state index contributed by atoms with van der Waals surface area (Å²) in [6.07, 6.45) is 4.48. The van der Waals surface area contributed by atoms with Gasteiger partial charge >= 0.3 is 5.97 Å². The fraction of sp³-hybridized carbons (Fsp3) is 0.400. The van der Waals surface area contributed by atoms with Gasteiger partial charge in [-0.2, -0.15) is 0 Å². The third kappa shape index (κ3) is 2.73. The van der Waals surface area contributed by atoms with Crippen LogP contribution in [0.15, 0.2) is 48.2 Å². The number of carbonyl (C=O) groups excluding carboxylic acids is 1. The molecule has 0 amide bonds. The van der Waals surface area contributed by atoms with Gasteiger partial charge in [0.25, 0.3) is 0 Å². The van der Waals surface area contributed by atoms with Crippen molar-refractivity contribution < 1.29 is 28.8 Å². The van der Waals surface area contributed by atoms with Crippen molar-refractivity contribution in [1.29, 1.82) is 0 Å². The van der Waals surface area contributed by atoms with Gasteiger partial charge in [-0.25, -0.2) is 4.79 Å². The first-order valence-corrected chi connectivity index (χ1v) is 11.0. The van der Waals surface area contributed by atoms with Gasteiger partial charge in [0.15, 0.2) is 17.6 Å². The van der Waals surface area contributed by atoms with E-state index in [0.717, 1.165) is 49.4 Å². The number of fused-ring (bicyclic) bond motifs is 3. The molecule has 32 heavy (non-hydrogen) atoms. The van der Waals surface area contributed by atoms with Gasteiger partial charge in [-0.1, -0.05) is 12.1 Å². The van der Waals surface area contributed by atoms with Crippen LogP contribution < -0.4 is 9.47 Å². The molecule has 2 aromatic rings. The minimum atomic E-state index is -0.607. The molecule has 1 saturated heterocycles. The number of nitrogens with zero attached hydrogens (tertiary/aromatic N) is 1. The first kappa shape index (κ1) is 19.5. The highest BCUT2D eigenvalue weighted by molar-refractivity contribution is 5.92. The van der Waals surface area contributed by atoms with E-state index in [1.807, 2.05) is 0 Å². The molecule has 0 radical (unpaired) electrons. The van der Waals surface area contributed by atoms with Crippen LogP contribution in [0.2, 0.25) is 0 Å². The second-order valence-electron chi connectivity index (χ2n) is 8.81. The number of hydrogen-bond donors (Lipinski definition) is 1. The number of methoxy groups -OCH3 is 1. The van der Waals surface area contributed by atoms with Crippen LogP contribution in [0.1, 0.15) is 40.2 Å². The maximum absolute atomic E-state index is 13.1. The SMILES string of the molecule is COC1=C[C@]23CCCN2CCc2cc4c(cc2[C@@H]3[C@@H]1OC(=O)c1ccccc1O)OCO4. The fourth-order valence-electron chi connectivity index (χ4n) is 5.92. The van der Waals surface area contributed by atoms with E-state index in [0.29, 0.717) is 5.76 Å². The van der Waals surface area contributed by atoms with Crippen LogP contribution in [-0.4, -0.2) is 54.6 Å². The van der Waals surface area contributed by atoms with Crippen LogP contribution >= 0.6 is 0 Å². The van der Waals surface area contributed by atoms with E-state index >= 15 is 0 Å². The zero-order chi connectivity index (χ0) is 21.9. The Morgan fingerprint density at radius 1 is 1.19 bits per heavy atom. The minimum Gasteiger partial charge on any atom is -0.507 e. The lowest BCUT2D eigenvalue weighted by Crippen LogP contribution is -2.47. The molecular formula is C25H25NO6. The molecule has 0 saturated carbocycles. The number of esters is 1. The zero-order valence-corrected chi connectivity index (χ0v) is 17.9. The molecule has 6 rings (SSSR count). The molecule has 1 fully saturated rings. The van der Waals surface area contributed by atoms with Crippen LogP contribution in [0.4, 0.5) is 0 Å². The van der Waals surface area contributed by atoms with Crippen molar-refractivity contribution in [2.24, 2.45) is 0 Å². The molecular weight excluding hydrogens is 410 g/mol. The van der Waals surface area contributed by atoms with E-state index in [1.54, 1.807) is 25.3 Å². The molecule has 166 valence electrons. The minimum absolute atomic E-state index is 0.0970. The normalized spacial score (nSPS) is 27.7. The number of para-hydroxylation sites is 1. The first-order valence-electron chi connectivity index (χ1n) is 11.0. The van der Waals surface area contributed by atoms with Crippen LogP contribution in [0.5, 0.6) is 17.2 Å². The number of ether oxygens (including phenoxy) is 4. The summed E-state index contributed by atoms with van der Waals surface area (Å²) in [5.74, 6) is 1.34. The zero-order valence-electron chi connectivity index (χ0n) is 17.9. The number of aromatic hydroxyl groups is 1. The van der Waals surface area contributed by atoms with Crippen LogP contribution in [-0.2, 0) is 15.9 Å². The monoisotopic (exact) mass is 435 g/mol. The molecule has 1 N–H and O–H groups in total. The molecule has 1 aliphatic carbocycles. The Balaban J connectivity index is 1.47. The Hall–Kier alpha value is -3.19. The second kappa shape index (κ2) is 7.17. The van der Waals surface area contributed by atoms with Crippen molar-refractivity contribution in [2.45, 2.75) is 36.8 Å². The van der Waals surface area contributed by atoms with Crippen molar-refractivity contribution in [3.63, 3.8) is 0 Å². The Morgan fingerprint density at radius 3 is 2.81 bits per heavy atom. The van der Waals surface area contributed by atoms with Gasteiger partial charge in [-0.15, -0.1) is 0 Å². The van der Waals surface area contributed by atoms with Gasteiger partial charge in [0.1, 0.15) is 17.1 Å². The second-order valence-corrected chi connectivity index (χ2v) is 8.81. The Bertz CT molecular complexity index is 1130. The van der Waals surface area contributed by atoms with Crippen LogP contribution in [0.25, 0.3) is 0 Å². The lowest BCUT2D eigenvalue weighted by Gasteiger charge is -2.39.